The second-order valence-corrected chi connectivity index (χ2v) is 4.92. The SMILES string of the molecule is COC(CNC(=O)CCC(=O)N1CCC(N)CC1)OC. The first-order valence-corrected chi connectivity index (χ1v) is 6.92. The number of carbonyl (C=O) groups excluding carboxylic acids is 2. The van der Waals surface area contributed by atoms with Crippen LogP contribution in [-0.2, 0) is 19.1 Å². The summed E-state index contributed by atoms with van der Waals surface area (Å²) >= 11 is 0. The van der Waals surface area contributed by atoms with Crippen molar-refractivity contribution in [3.63, 3.8) is 0 Å². The van der Waals surface area contributed by atoms with Gasteiger partial charge in [-0.3, -0.25) is 9.59 Å². The maximum Gasteiger partial charge on any atom is 0.223 e. The minimum Gasteiger partial charge on any atom is -0.354 e. The van der Waals surface area contributed by atoms with Crippen molar-refractivity contribution in [2.45, 2.75) is 38.0 Å². The molecule has 7 heteroatoms. The highest BCUT2D eigenvalue weighted by molar-refractivity contribution is 5.83. The Bertz CT molecular complexity index is 313. The summed E-state index contributed by atoms with van der Waals surface area (Å²) in [5, 5.41) is 2.67. The first kappa shape index (κ1) is 16.9. The number of piperidine rings is 1. The molecule has 1 rings (SSSR count). The quantitative estimate of drug-likeness (QED) is 0.613. The molecule has 7 nitrogen and oxygen atoms in total. The predicted molar refractivity (Wildman–Crippen MR) is 73.8 cm³/mol. The molecule has 0 spiro atoms. The van der Waals surface area contributed by atoms with E-state index in [1.165, 1.54) is 14.2 Å². The molecule has 20 heavy (non-hydrogen) atoms. The molecule has 3 N–H and O–H groups in total. The molecule has 0 aromatic rings. The van der Waals surface area contributed by atoms with Gasteiger partial charge in [0.2, 0.25) is 11.8 Å². The van der Waals surface area contributed by atoms with Crippen molar-refractivity contribution in [1.82, 2.24) is 10.2 Å². The van der Waals surface area contributed by atoms with E-state index in [-0.39, 0.29) is 37.2 Å². The maximum atomic E-state index is 11.9. The summed E-state index contributed by atoms with van der Waals surface area (Å²) in [6.45, 7) is 1.66. The Morgan fingerprint density at radius 1 is 1.25 bits per heavy atom. The van der Waals surface area contributed by atoms with Gasteiger partial charge in [0, 0.05) is 46.2 Å². The van der Waals surface area contributed by atoms with Gasteiger partial charge in [-0.2, -0.15) is 0 Å². The van der Waals surface area contributed by atoms with Crippen LogP contribution in [0.2, 0.25) is 0 Å². The summed E-state index contributed by atoms with van der Waals surface area (Å²) in [4.78, 5) is 25.3. The first-order chi connectivity index (χ1) is 9.56. The van der Waals surface area contributed by atoms with Gasteiger partial charge in [0.05, 0.1) is 6.54 Å². The number of methoxy groups -OCH3 is 2. The van der Waals surface area contributed by atoms with Crippen molar-refractivity contribution in [2.75, 3.05) is 33.9 Å². The Balaban J connectivity index is 2.18. The fraction of sp³-hybridized carbons (Fsp3) is 0.846. The van der Waals surface area contributed by atoms with Crippen molar-refractivity contribution in [3.8, 4) is 0 Å². The van der Waals surface area contributed by atoms with E-state index in [1.807, 2.05) is 0 Å². The van der Waals surface area contributed by atoms with Crippen molar-refractivity contribution in [1.29, 1.82) is 0 Å². The smallest absolute Gasteiger partial charge is 0.223 e. The zero-order chi connectivity index (χ0) is 15.0. The van der Waals surface area contributed by atoms with Crippen molar-refractivity contribution < 1.29 is 19.1 Å². The third-order valence-corrected chi connectivity index (χ3v) is 3.45. The highest BCUT2D eigenvalue weighted by atomic mass is 16.7. The Morgan fingerprint density at radius 3 is 2.40 bits per heavy atom. The van der Waals surface area contributed by atoms with Crippen LogP contribution in [0.5, 0.6) is 0 Å². The van der Waals surface area contributed by atoms with Crippen molar-refractivity contribution in [2.24, 2.45) is 5.73 Å². The molecule has 1 aliphatic rings. The molecule has 116 valence electrons. The predicted octanol–water partition coefficient (Wildman–Crippen LogP) is -0.549. The van der Waals surface area contributed by atoms with Crippen LogP contribution in [0.4, 0.5) is 0 Å². The molecular weight excluding hydrogens is 262 g/mol. The van der Waals surface area contributed by atoms with E-state index in [0.717, 1.165) is 12.8 Å². The summed E-state index contributed by atoms with van der Waals surface area (Å²) < 4.78 is 9.91. The molecule has 0 unspecified atom stereocenters. The molecule has 1 heterocycles. The molecule has 1 aliphatic heterocycles. The molecule has 0 saturated carbocycles. The number of likely N-dealkylation sites (tertiary alicyclic amines) is 1. The molecule has 0 aromatic heterocycles. The van der Waals surface area contributed by atoms with Gasteiger partial charge in [-0.15, -0.1) is 0 Å². The lowest BCUT2D eigenvalue weighted by Gasteiger charge is -2.30. The number of hydrogen-bond acceptors (Lipinski definition) is 5. The van der Waals surface area contributed by atoms with E-state index in [1.54, 1.807) is 4.90 Å². The molecule has 0 aliphatic carbocycles. The van der Waals surface area contributed by atoms with Gasteiger partial charge in [0.1, 0.15) is 0 Å². The van der Waals surface area contributed by atoms with Crippen molar-refractivity contribution >= 4 is 11.8 Å². The number of nitrogens with two attached hydrogens (primary N) is 1. The zero-order valence-electron chi connectivity index (χ0n) is 12.3. The fourth-order valence-electron chi connectivity index (χ4n) is 2.08. The van der Waals surface area contributed by atoms with Crippen LogP contribution in [0.15, 0.2) is 0 Å². The van der Waals surface area contributed by atoms with Gasteiger partial charge in [0.15, 0.2) is 6.29 Å². The minimum atomic E-state index is -0.460. The summed E-state index contributed by atoms with van der Waals surface area (Å²) in [6.07, 6.45) is 1.62. The molecular formula is C13H25N3O4. The normalized spacial score (nSPS) is 16.5. The molecule has 0 atom stereocenters. The second kappa shape index (κ2) is 8.89. The first-order valence-electron chi connectivity index (χ1n) is 6.92. The summed E-state index contributed by atoms with van der Waals surface area (Å²) in [7, 11) is 3.01. The number of amides is 2. The Morgan fingerprint density at radius 2 is 1.85 bits per heavy atom. The van der Waals surface area contributed by atoms with E-state index in [0.29, 0.717) is 13.1 Å². The van der Waals surface area contributed by atoms with Gasteiger partial charge in [-0.25, -0.2) is 0 Å². The molecule has 1 saturated heterocycles. The van der Waals surface area contributed by atoms with Crippen LogP contribution in [-0.4, -0.2) is 62.9 Å². The van der Waals surface area contributed by atoms with E-state index >= 15 is 0 Å². The van der Waals surface area contributed by atoms with Crippen LogP contribution in [0.3, 0.4) is 0 Å². The highest BCUT2D eigenvalue weighted by Gasteiger charge is 2.20. The van der Waals surface area contributed by atoms with Crippen LogP contribution in [0, 0.1) is 0 Å². The van der Waals surface area contributed by atoms with E-state index in [9.17, 15) is 9.59 Å². The Hall–Kier alpha value is -1.18. The Kier molecular flexibility index (Phi) is 7.50. The topological polar surface area (TPSA) is 93.9 Å². The summed E-state index contributed by atoms with van der Waals surface area (Å²) in [6, 6.07) is 0.197. The Labute approximate surface area is 119 Å². The monoisotopic (exact) mass is 287 g/mol. The van der Waals surface area contributed by atoms with E-state index in [4.69, 9.17) is 15.2 Å². The van der Waals surface area contributed by atoms with Gasteiger partial charge in [0.25, 0.3) is 0 Å². The standard InChI is InChI=1S/C13H25N3O4/c1-19-13(20-2)9-15-11(17)3-4-12(18)16-7-5-10(14)6-8-16/h10,13H,3-9,14H2,1-2H3,(H,15,17). The zero-order valence-corrected chi connectivity index (χ0v) is 12.3. The third kappa shape index (κ3) is 5.85. The van der Waals surface area contributed by atoms with E-state index in [2.05, 4.69) is 5.32 Å². The average molecular weight is 287 g/mol. The number of hydrogen-bond donors (Lipinski definition) is 2. The number of rotatable bonds is 7. The van der Waals surface area contributed by atoms with Crippen molar-refractivity contribution in [3.05, 3.63) is 0 Å². The number of nitrogens with zero attached hydrogens (tertiary/aromatic N) is 1. The molecule has 0 radical (unpaired) electrons. The summed E-state index contributed by atoms with van der Waals surface area (Å²) in [5.41, 5.74) is 5.79. The van der Waals surface area contributed by atoms with Gasteiger partial charge in [-0.1, -0.05) is 0 Å². The largest absolute Gasteiger partial charge is 0.354 e. The molecule has 0 aromatic carbocycles. The fourth-order valence-corrected chi connectivity index (χ4v) is 2.08. The van der Waals surface area contributed by atoms with Gasteiger partial charge in [-0.05, 0) is 12.8 Å². The number of nitrogens with one attached hydrogen (secondary N) is 1. The van der Waals surface area contributed by atoms with Crippen LogP contribution < -0.4 is 11.1 Å². The lowest BCUT2D eigenvalue weighted by atomic mass is 10.1. The van der Waals surface area contributed by atoms with Crippen LogP contribution in [0.25, 0.3) is 0 Å². The third-order valence-electron chi connectivity index (χ3n) is 3.45. The minimum absolute atomic E-state index is 0.0158. The molecule has 1 fully saturated rings. The van der Waals surface area contributed by atoms with Gasteiger partial charge >= 0.3 is 0 Å². The number of ether oxygens (including phenoxy) is 2. The second-order valence-electron chi connectivity index (χ2n) is 4.92. The lowest BCUT2D eigenvalue weighted by Crippen LogP contribution is -2.43. The average Bonchev–Trinajstić information content (AvgIpc) is 2.46. The highest BCUT2D eigenvalue weighted by Crippen LogP contribution is 2.10. The number of carbonyl (C=O) groups is 2. The maximum absolute atomic E-state index is 11.9. The molecule has 2 amide bonds. The van der Waals surface area contributed by atoms with E-state index < -0.39 is 6.29 Å². The van der Waals surface area contributed by atoms with Gasteiger partial charge < -0.3 is 25.4 Å². The molecule has 0 bridgehead atoms. The van der Waals surface area contributed by atoms with Crippen LogP contribution in [0.1, 0.15) is 25.7 Å². The summed E-state index contributed by atoms with van der Waals surface area (Å²) in [5.74, 6) is -0.159. The lowest BCUT2D eigenvalue weighted by molar-refractivity contribution is -0.135. The van der Waals surface area contributed by atoms with Crippen LogP contribution >= 0.6 is 0 Å².